The maximum atomic E-state index is 12.4. The smallest absolute Gasteiger partial charge is 0.341 e. The van der Waals surface area contributed by atoms with E-state index in [0.717, 1.165) is 15.6 Å². The average molecular weight is 305 g/mol. The van der Waals surface area contributed by atoms with Crippen LogP contribution in [0.5, 0.6) is 0 Å². The van der Waals surface area contributed by atoms with Gasteiger partial charge in [0.15, 0.2) is 0 Å². The highest BCUT2D eigenvalue weighted by Crippen LogP contribution is 2.36. The highest BCUT2D eigenvalue weighted by Gasteiger charge is 2.21. The van der Waals surface area contributed by atoms with Crippen LogP contribution in [-0.4, -0.2) is 18.5 Å². The van der Waals surface area contributed by atoms with Crippen LogP contribution in [0.15, 0.2) is 18.2 Å². The van der Waals surface area contributed by atoms with Gasteiger partial charge in [0, 0.05) is 17.0 Å². The van der Waals surface area contributed by atoms with E-state index in [2.05, 4.69) is 5.32 Å². The number of carbonyl (C=O) groups is 2. The van der Waals surface area contributed by atoms with Crippen molar-refractivity contribution in [2.75, 3.05) is 11.9 Å². The summed E-state index contributed by atoms with van der Waals surface area (Å²) in [5.41, 5.74) is 1.52. The maximum absolute atomic E-state index is 12.4. The van der Waals surface area contributed by atoms with Gasteiger partial charge in [-0.15, -0.1) is 11.3 Å². The molecule has 0 fully saturated rings. The SMILES string of the molecule is CC(=O)Nc1sc2ccc(C)cc2c1C(=O)OCC(C)C. The van der Waals surface area contributed by atoms with Crippen molar-refractivity contribution in [1.82, 2.24) is 0 Å². The molecule has 1 N–H and O–H groups in total. The van der Waals surface area contributed by atoms with Crippen molar-refractivity contribution in [2.45, 2.75) is 27.7 Å². The van der Waals surface area contributed by atoms with Gasteiger partial charge >= 0.3 is 5.97 Å². The third-order valence-corrected chi connectivity index (χ3v) is 3.97. The van der Waals surface area contributed by atoms with E-state index >= 15 is 0 Å². The van der Waals surface area contributed by atoms with Crippen LogP contribution in [0.4, 0.5) is 5.00 Å². The van der Waals surface area contributed by atoms with Gasteiger partial charge in [-0.05, 0) is 25.0 Å². The minimum atomic E-state index is -0.385. The van der Waals surface area contributed by atoms with Gasteiger partial charge in [-0.3, -0.25) is 4.79 Å². The molecule has 5 heteroatoms. The molecule has 0 aliphatic heterocycles. The summed E-state index contributed by atoms with van der Waals surface area (Å²) in [6.45, 7) is 7.73. The van der Waals surface area contributed by atoms with Gasteiger partial charge in [0.2, 0.25) is 5.91 Å². The molecule has 1 aromatic heterocycles. The van der Waals surface area contributed by atoms with Crippen molar-refractivity contribution in [2.24, 2.45) is 5.92 Å². The molecule has 1 amide bonds. The number of carbonyl (C=O) groups excluding carboxylic acids is 2. The number of benzene rings is 1. The number of thiophene rings is 1. The number of hydrogen-bond donors (Lipinski definition) is 1. The quantitative estimate of drug-likeness (QED) is 0.869. The van der Waals surface area contributed by atoms with E-state index < -0.39 is 0 Å². The van der Waals surface area contributed by atoms with Crippen molar-refractivity contribution in [3.05, 3.63) is 29.3 Å². The highest BCUT2D eigenvalue weighted by molar-refractivity contribution is 7.23. The first-order valence-corrected chi connectivity index (χ1v) is 7.68. The number of aryl methyl sites for hydroxylation is 1. The Labute approximate surface area is 128 Å². The first kappa shape index (κ1) is 15.5. The van der Waals surface area contributed by atoms with Crippen LogP contribution >= 0.6 is 11.3 Å². The van der Waals surface area contributed by atoms with E-state index in [0.29, 0.717) is 17.2 Å². The molecule has 0 bridgehead atoms. The molecule has 4 nitrogen and oxygen atoms in total. The average Bonchev–Trinajstić information content (AvgIpc) is 2.72. The standard InChI is InChI=1S/C16H19NO3S/c1-9(2)8-20-16(19)14-12-7-10(3)5-6-13(12)21-15(14)17-11(4)18/h5-7,9H,8H2,1-4H3,(H,17,18). The Morgan fingerprint density at radius 2 is 2.05 bits per heavy atom. The van der Waals surface area contributed by atoms with Crippen LogP contribution in [0.3, 0.4) is 0 Å². The second-order valence-corrected chi connectivity index (χ2v) is 6.53. The van der Waals surface area contributed by atoms with Gasteiger partial charge in [-0.25, -0.2) is 4.79 Å². The molecule has 0 radical (unpaired) electrons. The molecule has 0 saturated carbocycles. The summed E-state index contributed by atoms with van der Waals surface area (Å²) < 4.78 is 6.29. The molecule has 1 heterocycles. The van der Waals surface area contributed by atoms with Gasteiger partial charge in [0.25, 0.3) is 0 Å². The van der Waals surface area contributed by atoms with Gasteiger partial charge in [-0.1, -0.05) is 25.5 Å². The molecular weight excluding hydrogens is 286 g/mol. The number of nitrogens with one attached hydrogen (secondary N) is 1. The van der Waals surface area contributed by atoms with Crippen LogP contribution in [0.2, 0.25) is 0 Å². The van der Waals surface area contributed by atoms with Crippen LogP contribution in [0, 0.1) is 12.8 Å². The molecule has 0 aliphatic rings. The summed E-state index contributed by atoms with van der Waals surface area (Å²) in [7, 11) is 0. The van der Waals surface area contributed by atoms with E-state index in [1.54, 1.807) is 0 Å². The van der Waals surface area contributed by atoms with Crippen LogP contribution < -0.4 is 5.32 Å². The maximum Gasteiger partial charge on any atom is 0.341 e. The largest absolute Gasteiger partial charge is 0.462 e. The summed E-state index contributed by atoms with van der Waals surface area (Å²) in [5.74, 6) is -0.315. The van der Waals surface area contributed by atoms with Crippen molar-refractivity contribution >= 4 is 38.3 Å². The molecule has 2 rings (SSSR count). The Hall–Kier alpha value is -1.88. The van der Waals surface area contributed by atoms with Gasteiger partial charge < -0.3 is 10.1 Å². The summed E-state index contributed by atoms with van der Waals surface area (Å²) in [6, 6.07) is 5.89. The molecule has 21 heavy (non-hydrogen) atoms. The molecular formula is C16H19NO3S. The van der Waals surface area contributed by atoms with E-state index in [9.17, 15) is 9.59 Å². The Morgan fingerprint density at radius 1 is 1.33 bits per heavy atom. The molecule has 0 spiro atoms. The molecule has 1 aromatic carbocycles. The lowest BCUT2D eigenvalue weighted by Crippen LogP contribution is -2.13. The lowest BCUT2D eigenvalue weighted by atomic mass is 10.1. The van der Waals surface area contributed by atoms with E-state index in [1.165, 1.54) is 18.3 Å². The number of ether oxygens (including phenoxy) is 1. The minimum Gasteiger partial charge on any atom is -0.462 e. The van der Waals surface area contributed by atoms with Gasteiger partial charge in [0.05, 0.1) is 6.61 Å². The topological polar surface area (TPSA) is 55.4 Å². The monoisotopic (exact) mass is 305 g/mol. The molecule has 0 saturated heterocycles. The van der Waals surface area contributed by atoms with Crippen molar-refractivity contribution in [1.29, 1.82) is 0 Å². The van der Waals surface area contributed by atoms with Crippen molar-refractivity contribution < 1.29 is 14.3 Å². The Balaban J connectivity index is 2.48. The molecule has 2 aromatic rings. The molecule has 0 unspecified atom stereocenters. The van der Waals surface area contributed by atoms with Gasteiger partial charge in [-0.2, -0.15) is 0 Å². The lowest BCUT2D eigenvalue weighted by Gasteiger charge is -2.08. The normalized spacial score (nSPS) is 10.9. The molecule has 112 valence electrons. The van der Waals surface area contributed by atoms with Crippen LogP contribution in [0.1, 0.15) is 36.7 Å². The Bertz CT molecular complexity index is 688. The highest BCUT2D eigenvalue weighted by atomic mass is 32.1. The Kier molecular flexibility index (Phi) is 4.63. The van der Waals surface area contributed by atoms with Gasteiger partial charge in [0.1, 0.15) is 10.6 Å². The zero-order chi connectivity index (χ0) is 15.6. The second kappa shape index (κ2) is 6.26. The summed E-state index contributed by atoms with van der Waals surface area (Å²) in [4.78, 5) is 23.7. The third-order valence-electron chi connectivity index (χ3n) is 2.88. The third kappa shape index (κ3) is 3.61. The summed E-state index contributed by atoms with van der Waals surface area (Å²) in [5, 5.41) is 4.11. The predicted molar refractivity (Wildman–Crippen MR) is 86.0 cm³/mol. The fourth-order valence-electron chi connectivity index (χ4n) is 1.98. The fourth-order valence-corrected chi connectivity index (χ4v) is 3.09. The number of esters is 1. The number of amides is 1. The summed E-state index contributed by atoms with van der Waals surface area (Å²) in [6.07, 6.45) is 0. The van der Waals surface area contributed by atoms with E-state index in [-0.39, 0.29) is 17.8 Å². The van der Waals surface area contributed by atoms with E-state index in [4.69, 9.17) is 4.74 Å². The van der Waals surface area contributed by atoms with Crippen LogP contribution in [0.25, 0.3) is 10.1 Å². The lowest BCUT2D eigenvalue weighted by molar-refractivity contribution is -0.114. The zero-order valence-corrected chi connectivity index (χ0v) is 13.5. The number of hydrogen-bond acceptors (Lipinski definition) is 4. The van der Waals surface area contributed by atoms with Crippen LogP contribution in [-0.2, 0) is 9.53 Å². The summed E-state index contributed by atoms with van der Waals surface area (Å²) >= 11 is 1.39. The van der Waals surface area contributed by atoms with Crippen molar-refractivity contribution in [3.8, 4) is 0 Å². The zero-order valence-electron chi connectivity index (χ0n) is 12.6. The second-order valence-electron chi connectivity index (χ2n) is 5.48. The Morgan fingerprint density at radius 3 is 2.67 bits per heavy atom. The number of anilines is 1. The predicted octanol–water partition coefficient (Wildman–Crippen LogP) is 3.98. The van der Waals surface area contributed by atoms with Crippen molar-refractivity contribution in [3.63, 3.8) is 0 Å². The number of fused-ring (bicyclic) bond motifs is 1. The minimum absolute atomic E-state index is 0.198. The first-order chi connectivity index (χ1) is 9.88. The first-order valence-electron chi connectivity index (χ1n) is 6.86. The fraction of sp³-hybridized carbons (Fsp3) is 0.375. The number of rotatable bonds is 4. The molecule has 0 atom stereocenters. The molecule has 0 aliphatic carbocycles. The van der Waals surface area contributed by atoms with E-state index in [1.807, 2.05) is 39.0 Å².